The molecule has 0 aliphatic heterocycles. The molecule has 86 valence electrons. The molecule has 1 saturated carbocycles. The van der Waals surface area contributed by atoms with Crippen LogP contribution in [0.1, 0.15) is 65.2 Å². The van der Waals surface area contributed by atoms with Crippen LogP contribution < -0.4 is 0 Å². The molecular formula is C14H24O. The number of ketones is 1. The Bertz CT molecular complexity index is 227. The molecule has 0 heterocycles. The number of hydrogen-bond acceptors (Lipinski definition) is 1. The fourth-order valence-electron chi connectivity index (χ4n) is 2.17. The Morgan fingerprint density at radius 1 is 1.33 bits per heavy atom. The molecule has 0 spiro atoms. The lowest BCUT2D eigenvalue weighted by atomic mass is 9.85. The summed E-state index contributed by atoms with van der Waals surface area (Å²) in [7, 11) is 0. The number of hydrogen-bond donors (Lipinski definition) is 0. The van der Waals surface area contributed by atoms with E-state index in [0.29, 0.717) is 11.7 Å². The van der Waals surface area contributed by atoms with Crippen molar-refractivity contribution < 1.29 is 4.79 Å². The number of Topliss-reactive ketones (excluding diaryl/α,β-unsaturated/α-hetero) is 1. The lowest BCUT2D eigenvalue weighted by Gasteiger charge is -2.19. The maximum absolute atomic E-state index is 11.6. The van der Waals surface area contributed by atoms with Crippen molar-refractivity contribution in [3.05, 3.63) is 11.6 Å². The molecule has 1 heteroatoms. The predicted octanol–water partition coefficient (Wildman–Crippen LogP) is 4.27. The molecule has 0 aromatic heterocycles. The molecule has 0 bridgehead atoms. The second kappa shape index (κ2) is 6.81. The molecule has 0 N–H and O–H groups in total. The van der Waals surface area contributed by atoms with Gasteiger partial charge in [-0.15, -0.1) is 0 Å². The summed E-state index contributed by atoms with van der Waals surface area (Å²) in [6.45, 7) is 4.47. The summed E-state index contributed by atoms with van der Waals surface area (Å²) in [5.74, 6) is 1.12. The minimum atomic E-state index is 0.406. The highest BCUT2D eigenvalue weighted by molar-refractivity contribution is 5.95. The molecule has 0 aromatic carbocycles. The quantitative estimate of drug-likeness (QED) is 0.487. The molecule has 0 amide bonds. The molecule has 15 heavy (non-hydrogen) atoms. The Hall–Kier alpha value is -0.590. The van der Waals surface area contributed by atoms with Crippen molar-refractivity contribution in [3.8, 4) is 0 Å². The van der Waals surface area contributed by atoms with Gasteiger partial charge in [0.25, 0.3) is 0 Å². The van der Waals surface area contributed by atoms with Crippen molar-refractivity contribution in [1.82, 2.24) is 0 Å². The number of carbonyl (C=O) groups is 1. The van der Waals surface area contributed by atoms with Crippen LogP contribution >= 0.6 is 0 Å². The van der Waals surface area contributed by atoms with Gasteiger partial charge in [-0.25, -0.2) is 0 Å². The standard InChI is InChI=1S/C14H24O/c1-3-4-5-6-7-8-13-11-12(2)9-10-14(13)15/h8,12H,3-7,9-11H2,1-2H3/b13-8+. The number of rotatable bonds is 5. The molecule has 1 aliphatic carbocycles. The third-order valence-corrected chi connectivity index (χ3v) is 3.24. The van der Waals surface area contributed by atoms with Gasteiger partial charge in [0.2, 0.25) is 0 Å². The van der Waals surface area contributed by atoms with E-state index < -0.39 is 0 Å². The Morgan fingerprint density at radius 3 is 2.87 bits per heavy atom. The van der Waals surface area contributed by atoms with Crippen LogP contribution in [0, 0.1) is 5.92 Å². The van der Waals surface area contributed by atoms with E-state index in [0.717, 1.165) is 31.3 Å². The van der Waals surface area contributed by atoms with Crippen molar-refractivity contribution in [2.75, 3.05) is 0 Å². The van der Waals surface area contributed by atoms with Crippen LogP contribution in [0.25, 0.3) is 0 Å². The maximum Gasteiger partial charge on any atom is 0.158 e. The Balaban J connectivity index is 2.27. The zero-order chi connectivity index (χ0) is 11.1. The zero-order valence-corrected chi connectivity index (χ0v) is 10.2. The highest BCUT2D eigenvalue weighted by atomic mass is 16.1. The molecular weight excluding hydrogens is 184 g/mol. The second-order valence-corrected chi connectivity index (χ2v) is 4.85. The largest absolute Gasteiger partial charge is 0.295 e. The van der Waals surface area contributed by atoms with Crippen molar-refractivity contribution in [2.45, 2.75) is 65.2 Å². The van der Waals surface area contributed by atoms with E-state index in [1.165, 1.54) is 25.7 Å². The monoisotopic (exact) mass is 208 g/mol. The molecule has 0 aromatic rings. The van der Waals surface area contributed by atoms with Crippen LogP contribution in [0.4, 0.5) is 0 Å². The minimum Gasteiger partial charge on any atom is -0.295 e. The average molecular weight is 208 g/mol. The summed E-state index contributed by atoms with van der Waals surface area (Å²) < 4.78 is 0. The minimum absolute atomic E-state index is 0.406. The maximum atomic E-state index is 11.6. The summed E-state index contributed by atoms with van der Waals surface area (Å²) in [6.07, 6.45) is 11.4. The second-order valence-electron chi connectivity index (χ2n) is 4.85. The molecule has 1 nitrogen and oxygen atoms in total. The molecule has 1 fully saturated rings. The van der Waals surface area contributed by atoms with Gasteiger partial charge < -0.3 is 0 Å². The zero-order valence-electron chi connectivity index (χ0n) is 10.2. The molecule has 1 rings (SSSR count). The van der Waals surface area contributed by atoms with E-state index >= 15 is 0 Å². The van der Waals surface area contributed by atoms with Crippen LogP contribution in [0.3, 0.4) is 0 Å². The normalized spacial score (nSPS) is 24.8. The van der Waals surface area contributed by atoms with Gasteiger partial charge in [0.05, 0.1) is 0 Å². The first-order valence-electron chi connectivity index (χ1n) is 6.46. The van der Waals surface area contributed by atoms with Crippen molar-refractivity contribution in [3.63, 3.8) is 0 Å². The van der Waals surface area contributed by atoms with E-state index in [9.17, 15) is 4.79 Å². The van der Waals surface area contributed by atoms with Gasteiger partial charge >= 0.3 is 0 Å². The number of unbranched alkanes of at least 4 members (excludes halogenated alkanes) is 4. The average Bonchev–Trinajstić information content (AvgIpc) is 2.23. The summed E-state index contributed by atoms with van der Waals surface area (Å²) in [4.78, 5) is 11.6. The molecule has 0 saturated heterocycles. The van der Waals surface area contributed by atoms with Gasteiger partial charge in [0, 0.05) is 6.42 Å². The molecule has 1 aliphatic rings. The summed E-state index contributed by atoms with van der Waals surface area (Å²) in [6, 6.07) is 0. The molecule has 0 radical (unpaired) electrons. The molecule has 1 atom stereocenters. The van der Waals surface area contributed by atoms with E-state index in [1.807, 2.05) is 0 Å². The Labute approximate surface area is 93.9 Å². The smallest absolute Gasteiger partial charge is 0.158 e. The van der Waals surface area contributed by atoms with E-state index in [1.54, 1.807) is 0 Å². The highest BCUT2D eigenvalue weighted by Crippen LogP contribution is 2.25. The third-order valence-electron chi connectivity index (χ3n) is 3.24. The number of allylic oxidation sites excluding steroid dienone is 2. The summed E-state index contributed by atoms with van der Waals surface area (Å²) >= 11 is 0. The third kappa shape index (κ3) is 4.63. The topological polar surface area (TPSA) is 17.1 Å². The van der Waals surface area contributed by atoms with Crippen molar-refractivity contribution in [1.29, 1.82) is 0 Å². The van der Waals surface area contributed by atoms with E-state index in [2.05, 4.69) is 19.9 Å². The van der Waals surface area contributed by atoms with Gasteiger partial charge in [0.1, 0.15) is 0 Å². The fraction of sp³-hybridized carbons (Fsp3) is 0.786. The Morgan fingerprint density at radius 2 is 2.13 bits per heavy atom. The lowest BCUT2D eigenvalue weighted by Crippen LogP contribution is -2.14. The lowest BCUT2D eigenvalue weighted by molar-refractivity contribution is -0.116. The van der Waals surface area contributed by atoms with Gasteiger partial charge in [-0.05, 0) is 37.2 Å². The van der Waals surface area contributed by atoms with Gasteiger partial charge in [-0.1, -0.05) is 39.2 Å². The predicted molar refractivity (Wildman–Crippen MR) is 64.9 cm³/mol. The van der Waals surface area contributed by atoms with Crippen molar-refractivity contribution >= 4 is 5.78 Å². The Kier molecular flexibility index (Phi) is 5.67. The first-order chi connectivity index (χ1) is 7.24. The van der Waals surface area contributed by atoms with Crippen molar-refractivity contribution in [2.24, 2.45) is 5.92 Å². The van der Waals surface area contributed by atoms with Crippen LogP contribution in [-0.2, 0) is 4.79 Å². The van der Waals surface area contributed by atoms with Crippen LogP contribution in [0.2, 0.25) is 0 Å². The summed E-state index contributed by atoms with van der Waals surface area (Å²) in [5, 5.41) is 0. The highest BCUT2D eigenvalue weighted by Gasteiger charge is 2.19. The SMILES string of the molecule is CCCCCC/C=C1\CC(C)CCC1=O. The van der Waals surface area contributed by atoms with Crippen LogP contribution in [0.15, 0.2) is 11.6 Å². The van der Waals surface area contributed by atoms with Crippen LogP contribution in [-0.4, -0.2) is 5.78 Å². The first-order valence-corrected chi connectivity index (χ1v) is 6.46. The van der Waals surface area contributed by atoms with E-state index in [-0.39, 0.29) is 0 Å². The first kappa shape index (κ1) is 12.5. The fourth-order valence-corrected chi connectivity index (χ4v) is 2.17. The number of carbonyl (C=O) groups excluding carboxylic acids is 1. The molecule has 1 unspecified atom stereocenters. The van der Waals surface area contributed by atoms with Gasteiger partial charge in [-0.2, -0.15) is 0 Å². The summed E-state index contributed by atoms with van der Waals surface area (Å²) in [5.41, 5.74) is 1.12. The van der Waals surface area contributed by atoms with Gasteiger partial charge in [0.15, 0.2) is 5.78 Å². The van der Waals surface area contributed by atoms with E-state index in [4.69, 9.17) is 0 Å². The van der Waals surface area contributed by atoms with Gasteiger partial charge in [-0.3, -0.25) is 4.79 Å². The van der Waals surface area contributed by atoms with Crippen LogP contribution in [0.5, 0.6) is 0 Å².